The van der Waals surface area contributed by atoms with Crippen molar-refractivity contribution in [2.24, 2.45) is 0 Å². The number of allylic oxidation sites excluding steroid dienone is 4. The molecule has 0 saturated heterocycles. The summed E-state index contributed by atoms with van der Waals surface area (Å²) >= 11 is 0. The number of aliphatic hydroxyl groups excluding tert-OH is 1. The summed E-state index contributed by atoms with van der Waals surface area (Å²) in [7, 11) is -4.28. The van der Waals surface area contributed by atoms with Crippen LogP contribution in [0, 0.1) is 0 Å². The molecule has 136 valence electrons. The van der Waals surface area contributed by atoms with E-state index >= 15 is 0 Å². The van der Waals surface area contributed by atoms with Crippen molar-refractivity contribution >= 4 is 10.1 Å². The molecule has 0 aliphatic carbocycles. The highest BCUT2D eigenvalue weighted by Gasteiger charge is 2.18. The molecule has 0 aromatic rings. The number of hydrogen-bond donors (Lipinski definition) is 2. The summed E-state index contributed by atoms with van der Waals surface area (Å²) in [5, 5.41) is 9.14. The fourth-order valence-corrected chi connectivity index (χ4v) is 2.74. The van der Waals surface area contributed by atoms with Gasteiger partial charge in [-0.1, -0.05) is 63.3 Å². The van der Waals surface area contributed by atoms with Gasteiger partial charge in [0.2, 0.25) is 0 Å². The van der Waals surface area contributed by atoms with Crippen LogP contribution in [0.15, 0.2) is 24.3 Å². The Balaban J connectivity index is 3.34. The van der Waals surface area contributed by atoms with E-state index in [-0.39, 0.29) is 6.42 Å². The number of rotatable bonds is 15. The largest absolute Gasteiger partial charge is 0.375 e. The number of aliphatic hydroxyl groups is 1. The molecule has 0 saturated carbocycles. The summed E-state index contributed by atoms with van der Waals surface area (Å²) in [5.41, 5.74) is -1.62. The fourth-order valence-electron chi connectivity index (χ4n) is 2.28. The maximum Gasteiger partial charge on any atom is 0.291 e. The Morgan fingerprint density at radius 2 is 1.35 bits per heavy atom. The standard InChI is InChI=1S/C18H34O4S/c1-2-3-4-5-6-7-8-9-10-11-12-13-14-15-16-17-18(19)23(20,21)22/h6-7,9-10,18-19H,2-5,8,11-17H2,1H3,(H,20,21,22)/b7-6-,10-9-. The van der Waals surface area contributed by atoms with Crippen molar-refractivity contribution in [1.82, 2.24) is 0 Å². The van der Waals surface area contributed by atoms with Crippen LogP contribution in [-0.4, -0.2) is 23.5 Å². The van der Waals surface area contributed by atoms with Gasteiger partial charge in [0.1, 0.15) is 0 Å². The zero-order valence-electron chi connectivity index (χ0n) is 14.5. The summed E-state index contributed by atoms with van der Waals surface area (Å²) in [6.45, 7) is 2.22. The van der Waals surface area contributed by atoms with Gasteiger partial charge in [-0.2, -0.15) is 8.42 Å². The Hall–Kier alpha value is -0.650. The molecule has 0 rings (SSSR count). The molecule has 0 aliphatic heterocycles. The van der Waals surface area contributed by atoms with Crippen LogP contribution in [0.4, 0.5) is 0 Å². The van der Waals surface area contributed by atoms with Gasteiger partial charge >= 0.3 is 0 Å². The minimum Gasteiger partial charge on any atom is -0.375 e. The second kappa shape index (κ2) is 14.9. The van der Waals surface area contributed by atoms with Crippen LogP contribution in [0.3, 0.4) is 0 Å². The molecule has 0 spiro atoms. The Labute approximate surface area is 142 Å². The van der Waals surface area contributed by atoms with Crippen molar-refractivity contribution in [3.8, 4) is 0 Å². The van der Waals surface area contributed by atoms with Gasteiger partial charge in [0, 0.05) is 0 Å². The third kappa shape index (κ3) is 16.0. The number of hydrogen-bond acceptors (Lipinski definition) is 3. The third-order valence-electron chi connectivity index (χ3n) is 3.75. The average Bonchev–Trinajstić information content (AvgIpc) is 2.50. The first-order valence-electron chi connectivity index (χ1n) is 8.92. The topological polar surface area (TPSA) is 74.6 Å². The van der Waals surface area contributed by atoms with Crippen LogP contribution < -0.4 is 0 Å². The van der Waals surface area contributed by atoms with E-state index in [0.717, 1.165) is 38.5 Å². The van der Waals surface area contributed by atoms with Crippen LogP contribution in [-0.2, 0) is 10.1 Å². The SMILES string of the molecule is CCCCC/C=C\C/C=C\CCCCCCCC(O)S(=O)(=O)O. The van der Waals surface area contributed by atoms with E-state index < -0.39 is 15.6 Å². The van der Waals surface area contributed by atoms with Crippen molar-refractivity contribution in [3.05, 3.63) is 24.3 Å². The van der Waals surface area contributed by atoms with Crippen molar-refractivity contribution in [2.45, 2.75) is 89.4 Å². The zero-order chi connectivity index (χ0) is 17.4. The molecule has 23 heavy (non-hydrogen) atoms. The summed E-state index contributed by atoms with van der Waals surface area (Å²) in [4.78, 5) is 0. The molecule has 5 heteroatoms. The average molecular weight is 347 g/mol. The Bertz CT molecular complexity index is 413. The first kappa shape index (κ1) is 22.4. The van der Waals surface area contributed by atoms with Crippen molar-refractivity contribution in [1.29, 1.82) is 0 Å². The van der Waals surface area contributed by atoms with E-state index in [4.69, 9.17) is 9.66 Å². The maximum atomic E-state index is 10.6. The summed E-state index contributed by atoms with van der Waals surface area (Å²) in [5.74, 6) is 0. The van der Waals surface area contributed by atoms with Gasteiger partial charge in [0.25, 0.3) is 10.1 Å². The molecule has 0 heterocycles. The van der Waals surface area contributed by atoms with Crippen molar-refractivity contribution in [3.63, 3.8) is 0 Å². The molecule has 0 aromatic carbocycles. The van der Waals surface area contributed by atoms with Crippen molar-refractivity contribution in [2.75, 3.05) is 0 Å². The van der Waals surface area contributed by atoms with E-state index in [1.165, 1.54) is 25.7 Å². The molecular weight excluding hydrogens is 312 g/mol. The van der Waals surface area contributed by atoms with E-state index in [2.05, 4.69) is 31.2 Å². The molecule has 4 nitrogen and oxygen atoms in total. The Kier molecular flexibility index (Phi) is 14.5. The lowest BCUT2D eigenvalue weighted by atomic mass is 10.1. The van der Waals surface area contributed by atoms with Crippen LogP contribution in [0.2, 0.25) is 0 Å². The highest BCUT2D eigenvalue weighted by Crippen LogP contribution is 2.11. The smallest absolute Gasteiger partial charge is 0.291 e. The normalized spacial score (nSPS) is 14.0. The van der Waals surface area contributed by atoms with Crippen molar-refractivity contribution < 1.29 is 18.1 Å². The molecule has 0 fully saturated rings. The molecule has 0 aliphatic rings. The molecule has 1 atom stereocenters. The minimum atomic E-state index is -4.28. The predicted octanol–water partition coefficient (Wildman–Crippen LogP) is 5.01. The lowest BCUT2D eigenvalue weighted by molar-refractivity contribution is 0.219. The molecular formula is C18H34O4S. The minimum absolute atomic E-state index is 0.114. The van der Waals surface area contributed by atoms with Gasteiger partial charge in [-0.3, -0.25) is 4.55 Å². The van der Waals surface area contributed by atoms with E-state index in [0.29, 0.717) is 6.42 Å². The highest BCUT2D eigenvalue weighted by molar-refractivity contribution is 7.86. The van der Waals surface area contributed by atoms with Gasteiger partial charge in [0.05, 0.1) is 0 Å². The molecule has 2 N–H and O–H groups in total. The predicted molar refractivity (Wildman–Crippen MR) is 96.9 cm³/mol. The Morgan fingerprint density at radius 3 is 1.91 bits per heavy atom. The third-order valence-corrected chi connectivity index (χ3v) is 4.67. The highest BCUT2D eigenvalue weighted by atomic mass is 32.2. The second-order valence-corrected chi connectivity index (χ2v) is 7.56. The first-order chi connectivity index (χ1) is 11.0. The van der Waals surface area contributed by atoms with Crippen LogP contribution >= 0.6 is 0 Å². The zero-order valence-corrected chi connectivity index (χ0v) is 15.3. The first-order valence-corrected chi connectivity index (χ1v) is 10.4. The lowest BCUT2D eigenvalue weighted by Gasteiger charge is -2.06. The van der Waals surface area contributed by atoms with Gasteiger partial charge in [-0.05, 0) is 44.9 Å². The Morgan fingerprint density at radius 1 is 0.826 bits per heavy atom. The van der Waals surface area contributed by atoms with E-state index in [9.17, 15) is 8.42 Å². The summed E-state index contributed by atoms with van der Waals surface area (Å²) in [6, 6.07) is 0. The lowest BCUT2D eigenvalue weighted by Crippen LogP contribution is -2.19. The van der Waals surface area contributed by atoms with E-state index in [1.54, 1.807) is 0 Å². The van der Waals surface area contributed by atoms with Gasteiger partial charge in [0.15, 0.2) is 5.44 Å². The summed E-state index contributed by atoms with van der Waals surface area (Å²) in [6.07, 6.45) is 21.0. The van der Waals surface area contributed by atoms with Crippen LogP contribution in [0.25, 0.3) is 0 Å². The molecule has 0 aromatic heterocycles. The quantitative estimate of drug-likeness (QED) is 0.248. The fraction of sp³-hybridized carbons (Fsp3) is 0.778. The van der Waals surface area contributed by atoms with Gasteiger partial charge in [-0.25, -0.2) is 0 Å². The van der Waals surface area contributed by atoms with E-state index in [1.807, 2.05) is 0 Å². The second-order valence-electron chi connectivity index (χ2n) is 5.99. The molecule has 0 amide bonds. The van der Waals surface area contributed by atoms with Crippen LogP contribution in [0.5, 0.6) is 0 Å². The monoisotopic (exact) mass is 346 g/mol. The summed E-state index contributed by atoms with van der Waals surface area (Å²) < 4.78 is 29.8. The molecule has 1 unspecified atom stereocenters. The molecule has 0 bridgehead atoms. The maximum absolute atomic E-state index is 10.6. The number of unbranched alkanes of at least 4 members (excludes halogenated alkanes) is 8. The van der Waals surface area contributed by atoms with Gasteiger partial charge < -0.3 is 5.11 Å². The molecule has 0 radical (unpaired) electrons. The van der Waals surface area contributed by atoms with Crippen LogP contribution in [0.1, 0.15) is 84.0 Å². The van der Waals surface area contributed by atoms with Gasteiger partial charge in [-0.15, -0.1) is 0 Å².